The number of imidazole rings is 1. The molecule has 0 atom stereocenters. The standard InChI is InChI=1S/C9H17N2.C2H4O2/c1-3-5-6-11-8-7-10(4-2)9-11;1-2(3)4/h7-9H,3-6H2,1-2H3;1H3,(H,3,4)/q+1;/p-1. The smallest absolute Gasteiger partial charge is 0.243 e. The van der Waals surface area contributed by atoms with E-state index in [0.717, 1.165) is 20.0 Å². The van der Waals surface area contributed by atoms with Crippen LogP contribution >= 0.6 is 0 Å². The second-order valence-electron chi connectivity index (χ2n) is 3.33. The van der Waals surface area contributed by atoms with Crippen LogP contribution in [0.15, 0.2) is 18.7 Å². The predicted molar refractivity (Wildman–Crippen MR) is 55.9 cm³/mol. The number of aromatic nitrogens is 2. The fraction of sp³-hybridized carbons (Fsp3) is 0.636. The molecule has 4 nitrogen and oxygen atoms in total. The number of hydrogen-bond donors (Lipinski definition) is 0. The number of carboxylic acids is 1. The van der Waals surface area contributed by atoms with Gasteiger partial charge in [0.05, 0.1) is 13.1 Å². The van der Waals surface area contributed by atoms with E-state index in [9.17, 15) is 0 Å². The van der Waals surface area contributed by atoms with Crippen LogP contribution in [0, 0.1) is 0 Å². The Hall–Kier alpha value is -1.32. The van der Waals surface area contributed by atoms with Gasteiger partial charge in [-0.05, 0) is 20.3 Å². The minimum Gasteiger partial charge on any atom is -0.550 e. The summed E-state index contributed by atoms with van der Waals surface area (Å²) in [6.07, 6.45) is 8.97. The van der Waals surface area contributed by atoms with Crippen molar-refractivity contribution >= 4 is 5.97 Å². The molecule has 0 aliphatic heterocycles. The molecule has 0 aromatic carbocycles. The number of aryl methyl sites for hydroxylation is 2. The molecule has 1 rings (SSSR count). The van der Waals surface area contributed by atoms with E-state index in [1.54, 1.807) is 0 Å². The Labute approximate surface area is 91.2 Å². The van der Waals surface area contributed by atoms with Gasteiger partial charge in [-0.25, -0.2) is 9.13 Å². The molecule has 0 saturated heterocycles. The van der Waals surface area contributed by atoms with Gasteiger partial charge in [-0.2, -0.15) is 0 Å². The number of hydrogen-bond acceptors (Lipinski definition) is 2. The van der Waals surface area contributed by atoms with Crippen LogP contribution in [0.4, 0.5) is 0 Å². The van der Waals surface area contributed by atoms with E-state index >= 15 is 0 Å². The van der Waals surface area contributed by atoms with Crippen LogP contribution in [0.2, 0.25) is 0 Å². The molecule has 0 spiro atoms. The Morgan fingerprint density at radius 3 is 2.47 bits per heavy atom. The third kappa shape index (κ3) is 7.73. The highest BCUT2D eigenvalue weighted by Crippen LogP contribution is 1.92. The Bertz CT molecular complexity index is 278. The average Bonchev–Trinajstić information content (AvgIpc) is 2.61. The highest BCUT2D eigenvalue weighted by molar-refractivity contribution is 5.60. The predicted octanol–water partition coefficient (Wildman–Crippen LogP) is 0.352. The van der Waals surface area contributed by atoms with Crippen molar-refractivity contribution in [2.75, 3.05) is 0 Å². The first-order valence-corrected chi connectivity index (χ1v) is 5.32. The van der Waals surface area contributed by atoms with Crippen molar-refractivity contribution in [2.24, 2.45) is 0 Å². The monoisotopic (exact) mass is 212 g/mol. The van der Waals surface area contributed by atoms with Crippen molar-refractivity contribution in [3.05, 3.63) is 18.7 Å². The van der Waals surface area contributed by atoms with Crippen molar-refractivity contribution in [3.8, 4) is 0 Å². The molecule has 0 unspecified atom stereocenters. The molecule has 4 heteroatoms. The lowest BCUT2D eigenvalue weighted by Gasteiger charge is -1.91. The van der Waals surface area contributed by atoms with Crippen LogP contribution in [-0.4, -0.2) is 10.5 Å². The number of carboxylic acid groups (broad SMARTS) is 1. The van der Waals surface area contributed by atoms with Gasteiger partial charge in [0.2, 0.25) is 6.33 Å². The van der Waals surface area contributed by atoms with Gasteiger partial charge in [-0.1, -0.05) is 13.3 Å². The quantitative estimate of drug-likeness (QED) is 0.676. The molecule has 15 heavy (non-hydrogen) atoms. The Morgan fingerprint density at radius 1 is 1.47 bits per heavy atom. The minimum absolute atomic E-state index is 0.972. The topological polar surface area (TPSA) is 48.9 Å². The number of nitrogens with zero attached hydrogens (tertiary/aromatic N) is 2. The first kappa shape index (κ1) is 13.7. The summed E-state index contributed by atoms with van der Waals surface area (Å²) in [4.78, 5) is 8.89. The summed E-state index contributed by atoms with van der Waals surface area (Å²) >= 11 is 0. The highest BCUT2D eigenvalue weighted by Gasteiger charge is 1.98. The van der Waals surface area contributed by atoms with Crippen LogP contribution in [0.5, 0.6) is 0 Å². The van der Waals surface area contributed by atoms with Crippen molar-refractivity contribution in [1.29, 1.82) is 0 Å². The lowest BCUT2D eigenvalue weighted by Crippen LogP contribution is -2.28. The zero-order chi connectivity index (χ0) is 11.7. The Balaban J connectivity index is 0.000000423. The van der Waals surface area contributed by atoms with Gasteiger partial charge in [0, 0.05) is 5.97 Å². The van der Waals surface area contributed by atoms with Crippen LogP contribution in [0.25, 0.3) is 0 Å². The molecule has 0 aliphatic rings. The van der Waals surface area contributed by atoms with Crippen molar-refractivity contribution in [1.82, 2.24) is 4.57 Å². The molecule has 0 fully saturated rings. The molecule has 0 radical (unpaired) electrons. The first-order chi connectivity index (χ1) is 7.10. The molecule has 0 bridgehead atoms. The molecule has 1 aromatic rings. The number of carbonyl (C=O) groups excluding carboxylic acids is 1. The van der Waals surface area contributed by atoms with Crippen LogP contribution < -0.4 is 9.67 Å². The molecule has 0 aliphatic carbocycles. The molecule has 0 saturated carbocycles. The van der Waals surface area contributed by atoms with E-state index in [4.69, 9.17) is 9.90 Å². The summed E-state index contributed by atoms with van der Waals surface area (Å²) in [5.74, 6) is -1.08. The van der Waals surface area contributed by atoms with E-state index in [0.29, 0.717) is 0 Å². The number of unbranched alkanes of at least 4 members (excludes halogenated alkanes) is 1. The summed E-state index contributed by atoms with van der Waals surface area (Å²) in [6, 6.07) is 0. The van der Waals surface area contributed by atoms with E-state index in [-0.39, 0.29) is 0 Å². The molecule has 1 aromatic heterocycles. The maximum absolute atomic E-state index is 8.89. The lowest BCUT2D eigenvalue weighted by atomic mass is 10.3. The number of carbonyl (C=O) groups is 1. The second kappa shape index (κ2) is 8.03. The van der Waals surface area contributed by atoms with E-state index < -0.39 is 5.97 Å². The fourth-order valence-corrected chi connectivity index (χ4v) is 1.10. The van der Waals surface area contributed by atoms with Gasteiger partial charge in [-0.3, -0.25) is 0 Å². The number of rotatable bonds is 4. The number of aliphatic carboxylic acids is 1. The summed E-state index contributed by atoms with van der Waals surface area (Å²) in [5.41, 5.74) is 0. The molecule has 1 heterocycles. The SMILES string of the molecule is CC(=O)[O-].CCCCn1cc[n+](CC)c1. The maximum Gasteiger partial charge on any atom is 0.243 e. The summed E-state index contributed by atoms with van der Waals surface area (Å²) in [5, 5.41) is 8.89. The van der Waals surface area contributed by atoms with Crippen molar-refractivity contribution < 1.29 is 14.5 Å². The Morgan fingerprint density at radius 2 is 2.07 bits per heavy atom. The van der Waals surface area contributed by atoms with Crippen LogP contribution in [-0.2, 0) is 17.9 Å². The minimum atomic E-state index is -1.08. The Kier molecular flexibility index (Phi) is 7.32. The first-order valence-electron chi connectivity index (χ1n) is 5.32. The average molecular weight is 212 g/mol. The summed E-state index contributed by atoms with van der Waals surface area (Å²) < 4.78 is 4.43. The van der Waals surface area contributed by atoms with E-state index in [1.165, 1.54) is 12.8 Å². The van der Waals surface area contributed by atoms with Gasteiger partial charge in [0.25, 0.3) is 0 Å². The lowest BCUT2D eigenvalue weighted by molar-refractivity contribution is -0.693. The summed E-state index contributed by atoms with van der Waals surface area (Å²) in [6.45, 7) is 7.57. The van der Waals surface area contributed by atoms with Gasteiger partial charge < -0.3 is 9.90 Å². The van der Waals surface area contributed by atoms with Gasteiger partial charge in [0.1, 0.15) is 12.4 Å². The largest absolute Gasteiger partial charge is 0.550 e. The molecular weight excluding hydrogens is 192 g/mol. The summed E-state index contributed by atoms with van der Waals surface area (Å²) in [7, 11) is 0. The van der Waals surface area contributed by atoms with Gasteiger partial charge in [-0.15, -0.1) is 0 Å². The maximum atomic E-state index is 8.89. The molecule has 0 N–H and O–H groups in total. The molecular formula is C11H20N2O2. The third-order valence-corrected chi connectivity index (χ3v) is 1.88. The zero-order valence-corrected chi connectivity index (χ0v) is 9.77. The van der Waals surface area contributed by atoms with E-state index in [2.05, 4.69) is 41.7 Å². The third-order valence-electron chi connectivity index (χ3n) is 1.88. The zero-order valence-electron chi connectivity index (χ0n) is 9.77. The normalized spacial score (nSPS) is 9.27. The molecule has 86 valence electrons. The van der Waals surface area contributed by atoms with Crippen molar-refractivity contribution in [2.45, 2.75) is 46.7 Å². The second-order valence-corrected chi connectivity index (χ2v) is 3.33. The highest BCUT2D eigenvalue weighted by atomic mass is 16.4. The van der Waals surface area contributed by atoms with Crippen LogP contribution in [0.3, 0.4) is 0 Å². The van der Waals surface area contributed by atoms with Gasteiger partial charge in [0.15, 0.2) is 0 Å². The fourth-order valence-electron chi connectivity index (χ4n) is 1.10. The van der Waals surface area contributed by atoms with Crippen LogP contribution in [0.1, 0.15) is 33.6 Å². The molecule has 0 amide bonds. The van der Waals surface area contributed by atoms with Crippen molar-refractivity contribution in [3.63, 3.8) is 0 Å². The van der Waals surface area contributed by atoms with E-state index in [1.807, 2.05) is 0 Å². The van der Waals surface area contributed by atoms with Gasteiger partial charge >= 0.3 is 0 Å².